The zero-order valence-corrected chi connectivity index (χ0v) is 16.5. The van der Waals surface area contributed by atoms with Crippen LogP contribution in [0.5, 0.6) is 0 Å². The van der Waals surface area contributed by atoms with E-state index in [1.54, 1.807) is 30.7 Å². The van der Waals surface area contributed by atoms with E-state index in [1.807, 2.05) is 23.6 Å². The zero-order valence-electron chi connectivity index (χ0n) is 15.0. The van der Waals surface area contributed by atoms with Crippen LogP contribution in [-0.4, -0.2) is 35.9 Å². The van der Waals surface area contributed by atoms with Gasteiger partial charge in [-0.2, -0.15) is 0 Å². The summed E-state index contributed by atoms with van der Waals surface area (Å²) in [6.07, 6.45) is 5.95. The van der Waals surface area contributed by atoms with Crippen LogP contribution in [0, 0.1) is 0 Å². The Hall–Kier alpha value is -2.45. The maximum Gasteiger partial charge on any atom is 0.237 e. The average Bonchev–Trinajstić information content (AvgIpc) is 3.07. The van der Waals surface area contributed by atoms with E-state index in [-0.39, 0.29) is 16.3 Å². The smallest absolute Gasteiger partial charge is 0.237 e. The molecule has 3 aromatic rings. The maximum atomic E-state index is 12.5. The number of carbonyl (C=O) groups is 1. The summed E-state index contributed by atoms with van der Waals surface area (Å²) in [5, 5.41) is 12.0. The fourth-order valence-corrected chi connectivity index (χ4v) is 3.48. The summed E-state index contributed by atoms with van der Waals surface area (Å²) in [5.74, 6) is 0.594. The van der Waals surface area contributed by atoms with Gasteiger partial charge in [0.1, 0.15) is 0 Å². The molecule has 0 radical (unpaired) electrons. The summed E-state index contributed by atoms with van der Waals surface area (Å²) in [6, 6.07) is 7.22. The molecule has 0 aromatic carbocycles. The van der Waals surface area contributed by atoms with E-state index in [2.05, 4.69) is 32.4 Å². The van der Waals surface area contributed by atoms with Gasteiger partial charge in [0.25, 0.3) is 0 Å². The van der Waals surface area contributed by atoms with Crippen LogP contribution in [-0.2, 0) is 11.3 Å². The highest BCUT2D eigenvalue weighted by atomic mass is 35.5. The van der Waals surface area contributed by atoms with Crippen LogP contribution in [0.4, 0.5) is 5.69 Å². The highest BCUT2D eigenvalue weighted by molar-refractivity contribution is 8.00. The maximum absolute atomic E-state index is 12.5. The van der Waals surface area contributed by atoms with Gasteiger partial charge in [0.05, 0.1) is 10.9 Å². The summed E-state index contributed by atoms with van der Waals surface area (Å²) < 4.78 is 2.03. The summed E-state index contributed by atoms with van der Waals surface area (Å²) >= 11 is 7.36. The highest BCUT2D eigenvalue weighted by Crippen LogP contribution is 2.28. The van der Waals surface area contributed by atoms with Crippen molar-refractivity contribution in [2.24, 2.45) is 0 Å². The van der Waals surface area contributed by atoms with Crippen LogP contribution in [0.25, 0.3) is 11.4 Å². The third-order valence-electron chi connectivity index (χ3n) is 3.77. The van der Waals surface area contributed by atoms with Crippen molar-refractivity contribution in [3.63, 3.8) is 0 Å². The largest absolute Gasteiger partial charge is 0.322 e. The minimum absolute atomic E-state index is 0.175. The summed E-state index contributed by atoms with van der Waals surface area (Å²) in [4.78, 5) is 20.5. The van der Waals surface area contributed by atoms with Crippen molar-refractivity contribution in [3.05, 3.63) is 48.0 Å². The third kappa shape index (κ3) is 4.64. The van der Waals surface area contributed by atoms with E-state index >= 15 is 0 Å². The van der Waals surface area contributed by atoms with Gasteiger partial charge in [-0.15, -0.1) is 10.2 Å². The normalized spacial score (nSPS) is 12.0. The Morgan fingerprint density at radius 2 is 2.04 bits per heavy atom. The van der Waals surface area contributed by atoms with Gasteiger partial charge in [-0.1, -0.05) is 30.3 Å². The standard InChI is InChI=1S/C18H19ClN6OS/c1-3-11-25-16(13-6-9-20-10-7-13)23-24-18(25)27-12(2)17(26)22-14-5-4-8-21-15(14)19/h4-10,12H,3,11H2,1-2H3,(H,22,26). The Morgan fingerprint density at radius 3 is 2.74 bits per heavy atom. The molecule has 1 unspecified atom stereocenters. The van der Waals surface area contributed by atoms with Crippen LogP contribution < -0.4 is 5.32 Å². The van der Waals surface area contributed by atoms with E-state index in [9.17, 15) is 4.79 Å². The quantitative estimate of drug-likeness (QED) is 0.476. The molecule has 1 N–H and O–H groups in total. The summed E-state index contributed by atoms with van der Waals surface area (Å²) in [6.45, 7) is 4.67. The molecular weight excluding hydrogens is 384 g/mol. The van der Waals surface area contributed by atoms with Gasteiger partial charge in [-0.3, -0.25) is 9.78 Å². The predicted molar refractivity (Wildman–Crippen MR) is 107 cm³/mol. The van der Waals surface area contributed by atoms with Gasteiger partial charge in [0.2, 0.25) is 5.91 Å². The Labute approximate surface area is 166 Å². The molecule has 140 valence electrons. The molecule has 7 nitrogen and oxygen atoms in total. The second-order valence-electron chi connectivity index (χ2n) is 5.78. The lowest BCUT2D eigenvalue weighted by Gasteiger charge is -2.13. The molecular formula is C18H19ClN6OS. The van der Waals surface area contributed by atoms with Crippen molar-refractivity contribution in [1.29, 1.82) is 0 Å². The number of nitrogens with zero attached hydrogens (tertiary/aromatic N) is 5. The molecule has 0 bridgehead atoms. The molecule has 1 atom stereocenters. The topological polar surface area (TPSA) is 85.6 Å². The Morgan fingerprint density at radius 1 is 1.26 bits per heavy atom. The number of hydrogen-bond donors (Lipinski definition) is 1. The van der Waals surface area contributed by atoms with Crippen molar-refractivity contribution >= 4 is 35.0 Å². The molecule has 3 aromatic heterocycles. The monoisotopic (exact) mass is 402 g/mol. The van der Waals surface area contributed by atoms with Crippen molar-refractivity contribution in [1.82, 2.24) is 24.7 Å². The summed E-state index contributed by atoms with van der Waals surface area (Å²) in [7, 11) is 0. The molecule has 27 heavy (non-hydrogen) atoms. The molecule has 3 rings (SSSR count). The highest BCUT2D eigenvalue weighted by Gasteiger charge is 2.21. The second kappa shape index (κ2) is 8.96. The number of anilines is 1. The number of nitrogens with one attached hydrogen (secondary N) is 1. The lowest BCUT2D eigenvalue weighted by molar-refractivity contribution is -0.115. The molecule has 1 amide bonds. The number of rotatable bonds is 7. The van der Waals surface area contributed by atoms with E-state index < -0.39 is 0 Å². The fraction of sp³-hybridized carbons (Fsp3) is 0.278. The molecule has 0 spiro atoms. The number of thioether (sulfide) groups is 1. The number of hydrogen-bond acceptors (Lipinski definition) is 6. The van der Waals surface area contributed by atoms with E-state index in [4.69, 9.17) is 11.6 Å². The number of amides is 1. The lowest BCUT2D eigenvalue weighted by Crippen LogP contribution is -2.23. The molecule has 0 aliphatic rings. The first-order valence-electron chi connectivity index (χ1n) is 8.51. The van der Waals surface area contributed by atoms with Crippen molar-refractivity contribution in [2.75, 3.05) is 5.32 Å². The molecule has 0 saturated heterocycles. The Bertz CT molecular complexity index is 917. The molecule has 0 saturated carbocycles. The average molecular weight is 403 g/mol. The van der Waals surface area contributed by atoms with Gasteiger partial charge in [-0.25, -0.2) is 4.98 Å². The van der Waals surface area contributed by atoms with Crippen LogP contribution in [0.15, 0.2) is 48.0 Å². The number of aromatic nitrogens is 5. The van der Waals surface area contributed by atoms with Crippen molar-refractivity contribution in [2.45, 2.75) is 37.2 Å². The molecule has 0 fully saturated rings. The lowest BCUT2D eigenvalue weighted by atomic mass is 10.2. The predicted octanol–water partition coefficient (Wildman–Crippen LogP) is 3.92. The number of pyridine rings is 2. The molecule has 0 aliphatic carbocycles. The van der Waals surface area contributed by atoms with Crippen LogP contribution in [0.3, 0.4) is 0 Å². The first-order chi connectivity index (χ1) is 13.1. The third-order valence-corrected chi connectivity index (χ3v) is 5.15. The van der Waals surface area contributed by atoms with Gasteiger partial charge < -0.3 is 9.88 Å². The van der Waals surface area contributed by atoms with Gasteiger partial charge in [-0.05, 0) is 37.6 Å². The zero-order chi connectivity index (χ0) is 19.2. The van der Waals surface area contributed by atoms with Gasteiger partial charge in [0, 0.05) is 30.7 Å². The van der Waals surface area contributed by atoms with Crippen molar-refractivity contribution in [3.8, 4) is 11.4 Å². The minimum atomic E-state index is -0.383. The molecule has 9 heteroatoms. The Kier molecular flexibility index (Phi) is 6.41. The number of halogens is 1. The fourth-order valence-electron chi connectivity index (χ4n) is 2.44. The summed E-state index contributed by atoms with van der Waals surface area (Å²) in [5.41, 5.74) is 1.43. The first kappa shape index (κ1) is 19.3. The molecule has 0 aliphatic heterocycles. The van der Waals surface area contributed by atoms with E-state index in [0.29, 0.717) is 10.8 Å². The SMILES string of the molecule is CCCn1c(SC(C)C(=O)Nc2cccnc2Cl)nnc1-c1ccncc1. The number of carbonyl (C=O) groups excluding carboxylic acids is 1. The van der Waals surface area contributed by atoms with E-state index in [0.717, 1.165) is 24.4 Å². The van der Waals surface area contributed by atoms with E-state index in [1.165, 1.54) is 11.8 Å². The minimum Gasteiger partial charge on any atom is -0.322 e. The van der Waals surface area contributed by atoms with Crippen LogP contribution >= 0.6 is 23.4 Å². The first-order valence-corrected chi connectivity index (χ1v) is 9.77. The van der Waals surface area contributed by atoms with Crippen LogP contribution in [0.1, 0.15) is 20.3 Å². The second-order valence-corrected chi connectivity index (χ2v) is 7.45. The Balaban J connectivity index is 1.77. The molecule has 3 heterocycles. The van der Waals surface area contributed by atoms with Crippen LogP contribution in [0.2, 0.25) is 5.15 Å². The van der Waals surface area contributed by atoms with Gasteiger partial charge >= 0.3 is 0 Å². The van der Waals surface area contributed by atoms with Crippen molar-refractivity contribution < 1.29 is 4.79 Å². The van der Waals surface area contributed by atoms with Gasteiger partial charge in [0.15, 0.2) is 16.1 Å².